The Morgan fingerprint density at radius 2 is 1.91 bits per heavy atom. The lowest BCUT2D eigenvalue weighted by atomic mass is 9.63. The molecule has 0 radical (unpaired) electrons. The number of likely N-dealkylation sites (N-methyl/N-ethyl adjacent to an activating group) is 1. The molecule has 172 valence electrons. The third-order valence-electron chi connectivity index (χ3n) is 6.84. The molecule has 1 saturated heterocycles. The molecular weight excluding hydrogens is 416 g/mol. The van der Waals surface area contributed by atoms with Crippen molar-refractivity contribution in [3.8, 4) is 11.5 Å². The number of carbonyl (C=O) groups is 1. The lowest BCUT2D eigenvalue weighted by molar-refractivity contribution is 0.197. The van der Waals surface area contributed by atoms with Gasteiger partial charge in [0.25, 0.3) is 0 Å². The van der Waals surface area contributed by atoms with Gasteiger partial charge in [-0.15, -0.1) is 0 Å². The summed E-state index contributed by atoms with van der Waals surface area (Å²) in [5.41, 5.74) is 1.02. The molecule has 1 aliphatic carbocycles. The fourth-order valence-electron chi connectivity index (χ4n) is 5.39. The zero-order valence-electron chi connectivity index (χ0n) is 18.6. The number of halogens is 2. The van der Waals surface area contributed by atoms with Crippen LogP contribution in [-0.2, 0) is 5.41 Å². The summed E-state index contributed by atoms with van der Waals surface area (Å²) in [5.74, 6) is 0.482. The molecule has 1 heterocycles. The van der Waals surface area contributed by atoms with Gasteiger partial charge in [0.2, 0.25) is 0 Å². The van der Waals surface area contributed by atoms with Crippen LogP contribution in [0.4, 0.5) is 19.3 Å². The molecule has 0 unspecified atom stereocenters. The first-order valence-electron chi connectivity index (χ1n) is 10.8. The lowest BCUT2D eigenvalue weighted by Gasteiger charge is -2.42. The highest BCUT2D eigenvalue weighted by Crippen LogP contribution is 2.49. The molecule has 0 aromatic heterocycles. The van der Waals surface area contributed by atoms with Crippen molar-refractivity contribution in [2.45, 2.75) is 30.7 Å². The van der Waals surface area contributed by atoms with E-state index in [9.17, 15) is 13.6 Å². The molecule has 2 aromatic carbocycles. The van der Waals surface area contributed by atoms with Crippen molar-refractivity contribution in [3.63, 3.8) is 0 Å². The van der Waals surface area contributed by atoms with E-state index >= 15 is 0 Å². The summed E-state index contributed by atoms with van der Waals surface area (Å²) >= 11 is 0. The van der Waals surface area contributed by atoms with Crippen molar-refractivity contribution in [2.24, 2.45) is 5.92 Å². The molecule has 0 spiro atoms. The highest BCUT2D eigenvalue weighted by Gasteiger charge is 2.50. The first-order valence-corrected chi connectivity index (χ1v) is 10.8. The molecule has 2 aromatic rings. The summed E-state index contributed by atoms with van der Waals surface area (Å²) in [5, 5.41) is 5.38. The molecule has 3 atom stereocenters. The SMILES string of the molecule is COc1ccc([C@@]23CC[C@@H](NC(=O)Nc4cc(F)ccc4F)C[C@@H]2CN(C)C3)cc1OC. The minimum atomic E-state index is -0.671. The molecule has 32 heavy (non-hydrogen) atoms. The van der Waals surface area contributed by atoms with Crippen molar-refractivity contribution < 1.29 is 23.0 Å². The van der Waals surface area contributed by atoms with Gasteiger partial charge in [0, 0.05) is 30.6 Å². The van der Waals surface area contributed by atoms with Crippen LogP contribution < -0.4 is 20.1 Å². The average molecular weight is 446 g/mol. The molecular formula is C24H29F2N3O3. The second kappa shape index (κ2) is 8.94. The second-order valence-corrected chi connectivity index (χ2v) is 8.81. The Morgan fingerprint density at radius 1 is 1.12 bits per heavy atom. The predicted molar refractivity (Wildman–Crippen MR) is 118 cm³/mol. The predicted octanol–water partition coefficient (Wildman–Crippen LogP) is 4.16. The molecule has 2 amide bonds. The summed E-state index contributed by atoms with van der Waals surface area (Å²) in [6.07, 6.45) is 2.49. The minimum Gasteiger partial charge on any atom is -0.493 e. The number of fused-ring (bicyclic) bond motifs is 1. The van der Waals surface area contributed by atoms with Gasteiger partial charge in [-0.05, 0) is 62.1 Å². The Bertz CT molecular complexity index is 1000. The standard InChI is InChI=1S/C24H29F2N3O3/c1-29-13-16-10-18(27-23(30)28-20-12-17(25)5-6-19(20)26)8-9-24(16,14-29)15-4-7-21(31-2)22(11-15)32-3/h4-7,11-12,16,18H,8-10,13-14H2,1-3H3,(H2,27,28,30)/t16-,18-,24+/m1/s1. The van der Waals surface area contributed by atoms with Crippen LogP contribution in [0.5, 0.6) is 11.5 Å². The van der Waals surface area contributed by atoms with E-state index in [1.54, 1.807) is 14.2 Å². The van der Waals surface area contributed by atoms with Crippen LogP contribution in [0.25, 0.3) is 0 Å². The van der Waals surface area contributed by atoms with Gasteiger partial charge in [-0.3, -0.25) is 0 Å². The number of rotatable bonds is 5. The highest BCUT2D eigenvalue weighted by atomic mass is 19.1. The van der Waals surface area contributed by atoms with E-state index in [1.165, 1.54) is 5.56 Å². The largest absolute Gasteiger partial charge is 0.493 e. The van der Waals surface area contributed by atoms with Gasteiger partial charge in [-0.25, -0.2) is 13.6 Å². The number of urea groups is 1. The fourth-order valence-corrected chi connectivity index (χ4v) is 5.39. The summed E-state index contributed by atoms with van der Waals surface area (Å²) in [6, 6.07) is 8.55. The molecule has 2 fully saturated rings. The number of amides is 2. The Kier molecular flexibility index (Phi) is 6.24. The Labute approximate surface area is 186 Å². The van der Waals surface area contributed by atoms with Gasteiger partial charge in [-0.1, -0.05) is 6.07 Å². The molecule has 2 aliphatic rings. The number of likely N-dealkylation sites (tertiary alicyclic amines) is 1. The lowest BCUT2D eigenvalue weighted by Crippen LogP contribution is -2.48. The second-order valence-electron chi connectivity index (χ2n) is 8.81. The molecule has 1 aliphatic heterocycles. The fraction of sp³-hybridized carbons (Fsp3) is 0.458. The van der Waals surface area contributed by atoms with E-state index in [4.69, 9.17) is 9.47 Å². The zero-order valence-corrected chi connectivity index (χ0v) is 18.6. The van der Waals surface area contributed by atoms with E-state index in [2.05, 4.69) is 34.7 Å². The number of anilines is 1. The van der Waals surface area contributed by atoms with Crippen LogP contribution in [-0.4, -0.2) is 51.3 Å². The Morgan fingerprint density at radius 3 is 2.66 bits per heavy atom. The number of carbonyl (C=O) groups excluding carboxylic acids is 1. The molecule has 2 N–H and O–H groups in total. The van der Waals surface area contributed by atoms with Crippen LogP contribution in [0, 0.1) is 17.6 Å². The van der Waals surface area contributed by atoms with Crippen LogP contribution in [0.2, 0.25) is 0 Å². The minimum absolute atomic E-state index is 0.0301. The van der Waals surface area contributed by atoms with Crippen molar-refractivity contribution in [2.75, 3.05) is 39.7 Å². The summed E-state index contributed by atoms with van der Waals surface area (Å²) in [6.45, 7) is 1.85. The number of ether oxygens (including phenoxy) is 2. The van der Waals surface area contributed by atoms with E-state index in [0.717, 1.165) is 50.6 Å². The van der Waals surface area contributed by atoms with Crippen molar-refractivity contribution in [3.05, 3.63) is 53.6 Å². The summed E-state index contributed by atoms with van der Waals surface area (Å²) < 4.78 is 38.2. The zero-order chi connectivity index (χ0) is 22.9. The van der Waals surface area contributed by atoms with Gasteiger partial charge >= 0.3 is 6.03 Å². The molecule has 6 nitrogen and oxygen atoms in total. The van der Waals surface area contributed by atoms with Gasteiger partial charge in [-0.2, -0.15) is 0 Å². The van der Waals surface area contributed by atoms with Crippen LogP contribution in [0.1, 0.15) is 24.8 Å². The van der Waals surface area contributed by atoms with E-state index in [0.29, 0.717) is 17.4 Å². The number of nitrogens with one attached hydrogen (secondary N) is 2. The van der Waals surface area contributed by atoms with Gasteiger partial charge < -0.3 is 25.0 Å². The monoisotopic (exact) mass is 445 g/mol. The number of benzene rings is 2. The molecule has 1 saturated carbocycles. The first-order chi connectivity index (χ1) is 15.3. The third-order valence-corrected chi connectivity index (χ3v) is 6.84. The quantitative estimate of drug-likeness (QED) is 0.726. The third kappa shape index (κ3) is 4.24. The van der Waals surface area contributed by atoms with Crippen molar-refractivity contribution in [1.82, 2.24) is 10.2 Å². The molecule has 0 bridgehead atoms. The maximum atomic E-state index is 13.8. The maximum Gasteiger partial charge on any atom is 0.319 e. The summed E-state index contributed by atoms with van der Waals surface area (Å²) in [4.78, 5) is 14.8. The molecule has 8 heteroatoms. The van der Waals surface area contributed by atoms with Crippen LogP contribution >= 0.6 is 0 Å². The van der Waals surface area contributed by atoms with E-state index in [1.807, 2.05) is 6.07 Å². The van der Waals surface area contributed by atoms with E-state index < -0.39 is 17.7 Å². The number of nitrogens with zero attached hydrogens (tertiary/aromatic N) is 1. The topological polar surface area (TPSA) is 62.8 Å². The number of methoxy groups -OCH3 is 2. The van der Waals surface area contributed by atoms with Crippen molar-refractivity contribution in [1.29, 1.82) is 0 Å². The maximum absolute atomic E-state index is 13.8. The number of hydrogen-bond donors (Lipinski definition) is 2. The van der Waals surface area contributed by atoms with Crippen LogP contribution in [0.3, 0.4) is 0 Å². The van der Waals surface area contributed by atoms with Gasteiger partial charge in [0.05, 0.1) is 19.9 Å². The van der Waals surface area contributed by atoms with Gasteiger partial charge in [0.1, 0.15) is 11.6 Å². The van der Waals surface area contributed by atoms with E-state index in [-0.39, 0.29) is 17.1 Å². The normalized spacial score (nSPS) is 25.2. The smallest absolute Gasteiger partial charge is 0.319 e. The van der Waals surface area contributed by atoms with Crippen LogP contribution in [0.15, 0.2) is 36.4 Å². The Hall–Kier alpha value is -2.87. The Balaban J connectivity index is 1.48. The average Bonchev–Trinajstić information content (AvgIpc) is 3.12. The number of hydrogen-bond acceptors (Lipinski definition) is 4. The summed E-state index contributed by atoms with van der Waals surface area (Å²) in [7, 11) is 5.38. The molecule has 4 rings (SSSR count). The van der Waals surface area contributed by atoms with Gasteiger partial charge in [0.15, 0.2) is 11.5 Å². The highest BCUT2D eigenvalue weighted by molar-refractivity contribution is 5.89. The first kappa shape index (κ1) is 22.3. The van der Waals surface area contributed by atoms with Crippen molar-refractivity contribution >= 4 is 11.7 Å².